The lowest BCUT2D eigenvalue weighted by Gasteiger charge is -2.19. The van der Waals surface area contributed by atoms with E-state index >= 15 is 0 Å². The average molecular weight is 483 g/mol. The van der Waals surface area contributed by atoms with Crippen LogP contribution in [0.4, 0.5) is 4.79 Å². The summed E-state index contributed by atoms with van der Waals surface area (Å²) in [5.74, 6) is 0.683. The highest BCUT2D eigenvalue weighted by molar-refractivity contribution is 14.0. The molecule has 6 nitrogen and oxygen atoms in total. The number of benzene rings is 1. The van der Waals surface area contributed by atoms with Crippen LogP contribution in [-0.2, 0) is 11.2 Å². The zero-order valence-corrected chi connectivity index (χ0v) is 18.3. The third-order valence-corrected chi connectivity index (χ3v) is 3.14. The van der Waals surface area contributed by atoms with Gasteiger partial charge in [0.15, 0.2) is 5.96 Å². The van der Waals surface area contributed by atoms with Crippen LogP contribution in [0.25, 0.3) is 0 Å². The van der Waals surface area contributed by atoms with Gasteiger partial charge in [-0.15, -0.1) is 24.0 Å². The van der Waals surface area contributed by atoms with Crippen molar-refractivity contribution in [3.8, 4) is 0 Å². The predicted octanol–water partition coefficient (Wildman–Crippen LogP) is 3.19. The maximum absolute atomic E-state index is 11.5. The van der Waals surface area contributed by atoms with Gasteiger partial charge >= 0.3 is 6.09 Å². The smallest absolute Gasteiger partial charge is 0.407 e. The number of guanidine groups is 1. The van der Waals surface area contributed by atoms with Crippen LogP contribution >= 0.6 is 35.6 Å². The summed E-state index contributed by atoms with van der Waals surface area (Å²) < 4.78 is 5.16. The van der Waals surface area contributed by atoms with Gasteiger partial charge in [-0.25, -0.2) is 4.79 Å². The molecule has 3 N–H and O–H groups in total. The van der Waals surface area contributed by atoms with Crippen molar-refractivity contribution >= 4 is 47.6 Å². The number of hydrogen-bond donors (Lipinski definition) is 3. The lowest BCUT2D eigenvalue weighted by Crippen LogP contribution is -2.42. The fraction of sp³-hybridized carbons (Fsp3) is 0.529. The van der Waals surface area contributed by atoms with Gasteiger partial charge in [0, 0.05) is 31.7 Å². The van der Waals surface area contributed by atoms with Crippen LogP contribution in [0, 0.1) is 0 Å². The molecule has 0 heterocycles. The van der Waals surface area contributed by atoms with Gasteiger partial charge < -0.3 is 20.7 Å². The van der Waals surface area contributed by atoms with Gasteiger partial charge in [-0.2, -0.15) is 0 Å². The van der Waals surface area contributed by atoms with E-state index in [1.807, 2.05) is 45.0 Å². The van der Waals surface area contributed by atoms with Crippen molar-refractivity contribution in [3.63, 3.8) is 0 Å². The summed E-state index contributed by atoms with van der Waals surface area (Å²) in [4.78, 5) is 15.6. The predicted molar refractivity (Wildman–Crippen MR) is 114 cm³/mol. The molecule has 0 spiro atoms. The molecule has 8 heteroatoms. The van der Waals surface area contributed by atoms with Crippen LogP contribution in [0.1, 0.15) is 26.3 Å². The van der Waals surface area contributed by atoms with E-state index in [9.17, 15) is 4.79 Å². The van der Waals surface area contributed by atoms with Gasteiger partial charge in [-0.05, 0) is 44.9 Å². The third kappa shape index (κ3) is 11.9. The first-order valence-electron chi connectivity index (χ1n) is 7.96. The highest BCUT2D eigenvalue weighted by Gasteiger charge is 2.15. The van der Waals surface area contributed by atoms with Crippen LogP contribution in [0.5, 0.6) is 0 Å². The van der Waals surface area contributed by atoms with E-state index in [4.69, 9.17) is 16.3 Å². The van der Waals surface area contributed by atoms with Crippen LogP contribution < -0.4 is 16.0 Å². The fourth-order valence-corrected chi connectivity index (χ4v) is 2.11. The molecule has 1 aromatic carbocycles. The number of nitrogens with zero attached hydrogens (tertiary/aromatic N) is 1. The van der Waals surface area contributed by atoms with Crippen molar-refractivity contribution in [1.29, 1.82) is 0 Å². The Morgan fingerprint density at radius 1 is 1.16 bits per heavy atom. The van der Waals surface area contributed by atoms with Gasteiger partial charge in [0.25, 0.3) is 0 Å². The van der Waals surface area contributed by atoms with Gasteiger partial charge in [0.1, 0.15) is 5.60 Å². The molecule has 0 aliphatic rings. The van der Waals surface area contributed by atoms with E-state index in [1.54, 1.807) is 7.05 Å². The Kier molecular flexibility index (Phi) is 11.6. The van der Waals surface area contributed by atoms with Crippen molar-refractivity contribution < 1.29 is 9.53 Å². The Hall–Kier alpha value is -1.22. The number of aliphatic imine (C=N–C) groups is 1. The van der Waals surface area contributed by atoms with Crippen molar-refractivity contribution in [2.75, 3.05) is 26.7 Å². The Morgan fingerprint density at radius 2 is 1.80 bits per heavy atom. The number of ether oxygens (including phenoxy) is 1. The van der Waals surface area contributed by atoms with Gasteiger partial charge in [0.2, 0.25) is 0 Å². The van der Waals surface area contributed by atoms with Crippen LogP contribution in [0.15, 0.2) is 29.3 Å². The second kappa shape index (κ2) is 12.2. The van der Waals surface area contributed by atoms with Crippen LogP contribution in [-0.4, -0.2) is 44.3 Å². The summed E-state index contributed by atoms with van der Waals surface area (Å²) in [6, 6.07) is 7.78. The lowest BCUT2D eigenvalue weighted by atomic mass is 10.1. The summed E-state index contributed by atoms with van der Waals surface area (Å²) >= 11 is 5.96. The number of carbonyl (C=O) groups is 1. The summed E-state index contributed by atoms with van der Waals surface area (Å²) in [5, 5.41) is 9.77. The number of carbonyl (C=O) groups excluding carboxylic acids is 1. The van der Waals surface area contributed by atoms with Crippen molar-refractivity contribution in [1.82, 2.24) is 16.0 Å². The molecule has 0 radical (unpaired) electrons. The minimum Gasteiger partial charge on any atom is -0.444 e. The SMILES string of the molecule is CN=C(NCCNC(=O)OC(C)(C)C)NCCc1cccc(Cl)c1.I. The number of halogens is 2. The molecule has 0 saturated heterocycles. The normalized spacial score (nSPS) is 11.3. The first kappa shape index (κ1) is 23.8. The molecule has 0 saturated carbocycles. The van der Waals surface area contributed by atoms with E-state index in [2.05, 4.69) is 20.9 Å². The van der Waals surface area contributed by atoms with E-state index in [0.717, 1.165) is 23.6 Å². The molecule has 0 bridgehead atoms. The summed E-state index contributed by atoms with van der Waals surface area (Å²) in [5.41, 5.74) is 0.673. The first-order valence-corrected chi connectivity index (χ1v) is 8.34. The molecule has 1 amide bonds. The lowest BCUT2D eigenvalue weighted by molar-refractivity contribution is 0.0529. The quantitative estimate of drug-likeness (QED) is 0.252. The Labute approximate surface area is 172 Å². The number of nitrogens with one attached hydrogen (secondary N) is 3. The summed E-state index contributed by atoms with van der Waals surface area (Å²) in [6.07, 6.45) is 0.422. The fourth-order valence-electron chi connectivity index (χ4n) is 1.90. The van der Waals surface area contributed by atoms with Gasteiger partial charge in [0.05, 0.1) is 0 Å². The van der Waals surface area contributed by atoms with Crippen molar-refractivity contribution in [3.05, 3.63) is 34.9 Å². The largest absolute Gasteiger partial charge is 0.444 e. The molecule has 25 heavy (non-hydrogen) atoms. The maximum Gasteiger partial charge on any atom is 0.407 e. The summed E-state index contributed by atoms with van der Waals surface area (Å²) in [6.45, 7) is 7.23. The minimum absolute atomic E-state index is 0. The van der Waals surface area contributed by atoms with E-state index in [-0.39, 0.29) is 24.0 Å². The van der Waals surface area contributed by atoms with E-state index < -0.39 is 11.7 Å². The first-order chi connectivity index (χ1) is 11.3. The highest BCUT2D eigenvalue weighted by Crippen LogP contribution is 2.10. The molecule has 0 aliphatic heterocycles. The van der Waals surface area contributed by atoms with E-state index in [0.29, 0.717) is 19.0 Å². The molecule has 142 valence electrons. The second-order valence-electron chi connectivity index (χ2n) is 6.23. The Morgan fingerprint density at radius 3 is 2.40 bits per heavy atom. The number of hydrogen-bond acceptors (Lipinski definition) is 3. The maximum atomic E-state index is 11.5. The standard InChI is InChI=1S/C17H27ClN4O2.HI/c1-17(2,3)24-16(23)22-11-10-21-15(19-4)20-9-8-13-6-5-7-14(18)12-13;/h5-7,12H,8-11H2,1-4H3,(H,22,23)(H2,19,20,21);1H. The van der Waals surface area contributed by atoms with Gasteiger partial charge in [-0.3, -0.25) is 4.99 Å². The molecule has 1 rings (SSSR count). The van der Waals surface area contributed by atoms with Crippen LogP contribution in [0.2, 0.25) is 5.02 Å². The third-order valence-electron chi connectivity index (χ3n) is 2.90. The molecule has 0 fully saturated rings. The molecule has 0 atom stereocenters. The highest BCUT2D eigenvalue weighted by atomic mass is 127. The number of rotatable bonds is 6. The molecule has 0 aliphatic carbocycles. The Balaban J connectivity index is 0.00000576. The number of alkyl carbamates (subject to hydrolysis) is 1. The molecular formula is C17H28ClIN4O2. The molecular weight excluding hydrogens is 455 g/mol. The summed E-state index contributed by atoms with van der Waals surface area (Å²) in [7, 11) is 1.70. The zero-order valence-electron chi connectivity index (χ0n) is 15.2. The topological polar surface area (TPSA) is 74.8 Å². The zero-order chi connectivity index (χ0) is 18.0. The monoisotopic (exact) mass is 482 g/mol. The van der Waals surface area contributed by atoms with E-state index in [1.165, 1.54) is 0 Å². The second-order valence-corrected chi connectivity index (χ2v) is 6.67. The minimum atomic E-state index is -0.491. The van der Waals surface area contributed by atoms with Crippen molar-refractivity contribution in [2.45, 2.75) is 32.8 Å². The van der Waals surface area contributed by atoms with Crippen molar-refractivity contribution in [2.24, 2.45) is 4.99 Å². The Bertz CT molecular complexity index is 562. The molecule has 1 aromatic rings. The van der Waals surface area contributed by atoms with Gasteiger partial charge in [-0.1, -0.05) is 23.7 Å². The molecule has 0 unspecified atom stereocenters. The molecule has 0 aromatic heterocycles. The van der Waals surface area contributed by atoms with Crippen LogP contribution in [0.3, 0.4) is 0 Å². The number of amides is 1. The average Bonchev–Trinajstić information content (AvgIpc) is 2.48.